The lowest BCUT2D eigenvalue weighted by atomic mass is 10.0. The number of aliphatic carboxylic acids is 1. The van der Waals surface area contributed by atoms with Gasteiger partial charge in [0.1, 0.15) is 16.9 Å². The molecule has 122 valence electrons. The molecule has 0 aliphatic carbocycles. The van der Waals surface area contributed by atoms with Gasteiger partial charge in [0.2, 0.25) is 5.91 Å². The highest BCUT2D eigenvalue weighted by Gasteiger charge is 2.62. The number of carboxylic acids is 1. The van der Waals surface area contributed by atoms with Gasteiger partial charge < -0.3 is 10.4 Å². The SMILES string of the molecule is C=C1N2C(=O)C(NC(=O)CSc3nncs3)[C@H]2SC1(C)C(=O)O. The zero-order valence-corrected chi connectivity index (χ0v) is 14.3. The van der Waals surface area contributed by atoms with Gasteiger partial charge in [-0.25, -0.2) is 0 Å². The van der Waals surface area contributed by atoms with E-state index in [1.807, 2.05) is 0 Å². The highest BCUT2D eigenvalue weighted by molar-refractivity contribution is 8.02. The predicted octanol–water partition coefficient (Wildman–Crippen LogP) is 0.387. The van der Waals surface area contributed by atoms with Crippen LogP contribution in [0.15, 0.2) is 22.1 Å². The summed E-state index contributed by atoms with van der Waals surface area (Å²) in [5, 5.41) is 19.0. The van der Waals surface area contributed by atoms with Crippen LogP contribution in [0.1, 0.15) is 6.92 Å². The number of carbonyl (C=O) groups is 3. The number of thioether (sulfide) groups is 2. The zero-order chi connectivity index (χ0) is 16.8. The average molecular weight is 372 g/mol. The second-order valence-electron chi connectivity index (χ2n) is 5.04. The number of nitrogens with one attached hydrogen (secondary N) is 1. The summed E-state index contributed by atoms with van der Waals surface area (Å²) >= 11 is 3.67. The number of amides is 2. The van der Waals surface area contributed by atoms with Crippen molar-refractivity contribution in [3.05, 3.63) is 17.8 Å². The van der Waals surface area contributed by atoms with Crippen molar-refractivity contribution in [3.63, 3.8) is 0 Å². The molecule has 2 fully saturated rings. The minimum absolute atomic E-state index is 0.119. The van der Waals surface area contributed by atoms with E-state index in [1.165, 1.54) is 34.9 Å². The van der Waals surface area contributed by atoms with Crippen LogP contribution in [0.5, 0.6) is 0 Å². The molecule has 2 amide bonds. The molecule has 3 rings (SSSR count). The molecule has 2 aliphatic heterocycles. The number of carboxylic acid groups (broad SMARTS) is 1. The van der Waals surface area contributed by atoms with Crippen LogP contribution in [0.2, 0.25) is 0 Å². The Balaban J connectivity index is 1.60. The van der Waals surface area contributed by atoms with Crippen LogP contribution in [0.25, 0.3) is 0 Å². The van der Waals surface area contributed by atoms with Crippen LogP contribution >= 0.6 is 34.9 Å². The summed E-state index contributed by atoms with van der Waals surface area (Å²) in [7, 11) is 0. The molecule has 1 aromatic rings. The van der Waals surface area contributed by atoms with E-state index in [1.54, 1.807) is 5.51 Å². The molecule has 2 aliphatic rings. The lowest BCUT2D eigenvalue weighted by molar-refractivity contribution is -0.145. The molecule has 8 nitrogen and oxygen atoms in total. The van der Waals surface area contributed by atoms with E-state index in [0.717, 1.165) is 11.8 Å². The third-order valence-corrected chi connectivity index (χ3v) is 7.10. The van der Waals surface area contributed by atoms with E-state index < -0.39 is 22.1 Å². The van der Waals surface area contributed by atoms with Gasteiger partial charge in [-0.2, -0.15) is 0 Å². The third-order valence-electron chi connectivity index (χ3n) is 3.63. The maximum absolute atomic E-state index is 12.1. The minimum Gasteiger partial charge on any atom is -0.480 e. The van der Waals surface area contributed by atoms with Crippen LogP contribution in [0.3, 0.4) is 0 Å². The number of nitrogens with zero attached hydrogens (tertiary/aromatic N) is 3. The molecule has 23 heavy (non-hydrogen) atoms. The Kier molecular flexibility index (Phi) is 4.10. The van der Waals surface area contributed by atoms with Crippen molar-refractivity contribution in [2.24, 2.45) is 0 Å². The largest absolute Gasteiger partial charge is 0.480 e. The summed E-state index contributed by atoms with van der Waals surface area (Å²) in [5.74, 6) is -1.57. The molecule has 1 aromatic heterocycles. The first-order valence-electron chi connectivity index (χ1n) is 6.46. The molecule has 0 aromatic carbocycles. The third kappa shape index (κ3) is 2.62. The first-order valence-corrected chi connectivity index (χ1v) is 9.21. The summed E-state index contributed by atoms with van der Waals surface area (Å²) in [6.07, 6.45) is 0. The lowest BCUT2D eigenvalue weighted by Crippen LogP contribution is -2.66. The molecule has 2 saturated heterocycles. The fourth-order valence-corrected chi connectivity index (χ4v) is 5.06. The van der Waals surface area contributed by atoms with Gasteiger partial charge in [0.15, 0.2) is 9.09 Å². The van der Waals surface area contributed by atoms with Gasteiger partial charge in [0, 0.05) is 5.70 Å². The normalized spacial score (nSPS) is 29.2. The molecule has 0 saturated carbocycles. The van der Waals surface area contributed by atoms with Crippen molar-refractivity contribution in [2.75, 3.05) is 5.75 Å². The van der Waals surface area contributed by atoms with Gasteiger partial charge in [0.05, 0.1) is 5.75 Å². The zero-order valence-electron chi connectivity index (χ0n) is 11.9. The quantitative estimate of drug-likeness (QED) is 0.564. The Hall–Kier alpha value is -1.59. The van der Waals surface area contributed by atoms with Crippen LogP contribution in [0.4, 0.5) is 0 Å². The number of carbonyl (C=O) groups excluding carboxylic acids is 2. The smallest absolute Gasteiger partial charge is 0.325 e. The minimum atomic E-state index is -1.25. The van der Waals surface area contributed by atoms with Crippen LogP contribution < -0.4 is 5.32 Å². The van der Waals surface area contributed by atoms with E-state index in [0.29, 0.717) is 4.34 Å². The highest BCUT2D eigenvalue weighted by atomic mass is 32.2. The average Bonchev–Trinajstić information content (AvgIpc) is 3.09. The first-order chi connectivity index (χ1) is 10.8. The fraction of sp³-hybridized carbons (Fsp3) is 0.417. The van der Waals surface area contributed by atoms with Crippen molar-refractivity contribution in [3.8, 4) is 0 Å². The maximum Gasteiger partial charge on any atom is 0.325 e. The molecule has 11 heteroatoms. The second-order valence-corrected chi connectivity index (χ2v) is 8.63. The van der Waals surface area contributed by atoms with Crippen molar-refractivity contribution in [1.29, 1.82) is 0 Å². The van der Waals surface area contributed by atoms with E-state index in [2.05, 4.69) is 22.1 Å². The van der Waals surface area contributed by atoms with Gasteiger partial charge in [-0.1, -0.05) is 29.7 Å². The van der Waals surface area contributed by atoms with Crippen molar-refractivity contribution in [1.82, 2.24) is 20.4 Å². The molecule has 0 bridgehead atoms. The summed E-state index contributed by atoms with van der Waals surface area (Å²) < 4.78 is -0.579. The summed E-state index contributed by atoms with van der Waals surface area (Å²) in [5.41, 5.74) is 1.82. The Morgan fingerprint density at radius 3 is 2.96 bits per heavy atom. The molecule has 2 N–H and O–H groups in total. The lowest BCUT2D eigenvalue weighted by Gasteiger charge is -2.41. The second kappa shape index (κ2) is 5.80. The molecular formula is C12H12N4O4S3. The van der Waals surface area contributed by atoms with Gasteiger partial charge in [-0.05, 0) is 6.92 Å². The first kappa shape index (κ1) is 16.3. The Morgan fingerprint density at radius 2 is 2.35 bits per heavy atom. The maximum atomic E-state index is 12.1. The number of β-lactam (4-membered cyclic amide) rings is 1. The van der Waals surface area contributed by atoms with E-state index in [9.17, 15) is 19.5 Å². The number of hydrogen-bond donors (Lipinski definition) is 2. The number of rotatable bonds is 5. The number of hydrogen-bond acceptors (Lipinski definition) is 8. The monoisotopic (exact) mass is 372 g/mol. The molecule has 0 radical (unpaired) electrons. The molecule has 3 heterocycles. The van der Waals surface area contributed by atoms with Gasteiger partial charge in [-0.15, -0.1) is 22.0 Å². The van der Waals surface area contributed by atoms with Crippen LogP contribution in [-0.4, -0.2) is 59.9 Å². The topological polar surface area (TPSA) is 112 Å². The number of fused-ring (bicyclic) bond motifs is 1. The van der Waals surface area contributed by atoms with E-state index >= 15 is 0 Å². The van der Waals surface area contributed by atoms with Crippen molar-refractivity contribution < 1.29 is 19.5 Å². The molecule has 2 unspecified atom stereocenters. The van der Waals surface area contributed by atoms with Gasteiger partial charge >= 0.3 is 5.97 Å². The Bertz CT molecular complexity index is 694. The summed E-state index contributed by atoms with van der Waals surface area (Å²) in [6.45, 7) is 5.23. The fourth-order valence-electron chi connectivity index (χ4n) is 2.29. The number of aromatic nitrogens is 2. The van der Waals surface area contributed by atoms with Crippen molar-refractivity contribution in [2.45, 2.75) is 27.4 Å². The summed E-state index contributed by atoms with van der Waals surface area (Å²) in [4.78, 5) is 36.9. The van der Waals surface area contributed by atoms with E-state index in [-0.39, 0.29) is 23.3 Å². The van der Waals surface area contributed by atoms with Crippen LogP contribution in [-0.2, 0) is 14.4 Å². The Morgan fingerprint density at radius 1 is 1.61 bits per heavy atom. The van der Waals surface area contributed by atoms with E-state index in [4.69, 9.17) is 0 Å². The molecular weight excluding hydrogens is 360 g/mol. The standard InChI is InChI=1S/C12H12N4O4S3/c1-5-12(2,10(19)20)23-9-7(8(18)16(5)9)14-6(17)3-21-11-15-13-4-22-11/h4,7,9H,1,3H2,2H3,(H,14,17)(H,19,20)/t7?,9-,12?/m1/s1. The summed E-state index contributed by atoms with van der Waals surface area (Å²) in [6, 6.07) is -0.722. The Labute approximate surface area is 143 Å². The van der Waals surface area contributed by atoms with Gasteiger partial charge in [0.25, 0.3) is 5.91 Å². The van der Waals surface area contributed by atoms with Crippen molar-refractivity contribution >= 4 is 52.6 Å². The molecule has 3 atom stereocenters. The molecule has 0 spiro atoms. The highest BCUT2D eigenvalue weighted by Crippen LogP contribution is 2.52. The predicted molar refractivity (Wildman–Crippen MR) is 86.0 cm³/mol. The van der Waals surface area contributed by atoms with Gasteiger partial charge in [-0.3, -0.25) is 19.3 Å². The van der Waals surface area contributed by atoms with Crippen LogP contribution in [0, 0.1) is 0 Å².